The SMILES string of the molecule is CCCNC(=O)NC1COCC1C(=O)O. The van der Waals surface area contributed by atoms with Crippen LogP contribution in [0, 0.1) is 5.92 Å². The van der Waals surface area contributed by atoms with Crippen LogP contribution in [0.1, 0.15) is 13.3 Å². The molecule has 0 aromatic heterocycles. The van der Waals surface area contributed by atoms with Crippen LogP contribution in [0.25, 0.3) is 0 Å². The molecule has 3 N–H and O–H groups in total. The summed E-state index contributed by atoms with van der Waals surface area (Å²) in [7, 11) is 0. The summed E-state index contributed by atoms with van der Waals surface area (Å²) in [6.07, 6.45) is 0.844. The molecule has 0 aliphatic carbocycles. The van der Waals surface area contributed by atoms with Crippen molar-refractivity contribution in [2.24, 2.45) is 5.92 Å². The van der Waals surface area contributed by atoms with Crippen LogP contribution in [0.3, 0.4) is 0 Å². The second-order valence-electron chi connectivity index (χ2n) is 3.49. The minimum atomic E-state index is -0.937. The number of carboxylic acid groups (broad SMARTS) is 1. The van der Waals surface area contributed by atoms with Crippen molar-refractivity contribution in [1.29, 1.82) is 0 Å². The van der Waals surface area contributed by atoms with E-state index >= 15 is 0 Å². The molecule has 1 aliphatic rings. The van der Waals surface area contributed by atoms with E-state index in [1.165, 1.54) is 0 Å². The van der Waals surface area contributed by atoms with E-state index in [4.69, 9.17) is 9.84 Å². The lowest BCUT2D eigenvalue weighted by molar-refractivity contribution is -0.142. The average molecular weight is 216 g/mol. The zero-order chi connectivity index (χ0) is 11.3. The first-order chi connectivity index (χ1) is 7.15. The molecule has 86 valence electrons. The molecule has 1 rings (SSSR count). The van der Waals surface area contributed by atoms with Gasteiger partial charge < -0.3 is 20.5 Å². The molecule has 2 atom stereocenters. The second kappa shape index (κ2) is 5.55. The number of nitrogens with one attached hydrogen (secondary N) is 2. The van der Waals surface area contributed by atoms with Crippen LogP contribution in [-0.2, 0) is 9.53 Å². The molecule has 15 heavy (non-hydrogen) atoms. The van der Waals surface area contributed by atoms with Gasteiger partial charge in [-0.1, -0.05) is 6.92 Å². The van der Waals surface area contributed by atoms with Crippen molar-refractivity contribution < 1.29 is 19.4 Å². The lowest BCUT2D eigenvalue weighted by atomic mass is 10.0. The number of carbonyl (C=O) groups is 2. The highest BCUT2D eigenvalue weighted by Gasteiger charge is 2.34. The van der Waals surface area contributed by atoms with E-state index in [-0.39, 0.29) is 19.2 Å². The number of carbonyl (C=O) groups excluding carboxylic acids is 1. The van der Waals surface area contributed by atoms with E-state index in [0.29, 0.717) is 6.54 Å². The standard InChI is InChI=1S/C9H16N2O4/c1-2-3-10-9(14)11-7-5-15-4-6(7)8(12)13/h6-7H,2-5H2,1H3,(H,12,13)(H2,10,11,14). The summed E-state index contributed by atoms with van der Waals surface area (Å²) in [5, 5.41) is 14.0. The number of carboxylic acids is 1. The van der Waals surface area contributed by atoms with Crippen molar-refractivity contribution in [2.45, 2.75) is 19.4 Å². The van der Waals surface area contributed by atoms with Gasteiger partial charge in [0.25, 0.3) is 0 Å². The topological polar surface area (TPSA) is 87.7 Å². The Bertz CT molecular complexity index is 244. The molecule has 6 heteroatoms. The Morgan fingerprint density at radius 1 is 1.47 bits per heavy atom. The maximum Gasteiger partial charge on any atom is 0.315 e. The molecule has 2 unspecified atom stereocenters. The van der Waals surface area contributed by atoms with Crippen LogP contribution < -0.4 is 10.6 Å². The van der Waals surface area contributed by atoms with Gasteiger partial charge in [0.15, 0.2) is 0 Å². The van der Waals surface area contributed by atoms with E-state index in [1.807, 2.05) is 6.92 Å². The van der Waals surface area contributed by atoms with E-state index in [2.05, 4.69) is 10.6 Å². The fraction of sp³-hybridized carbons (Fsp3) is 0.778. The number of amides is 2. The van der Waals surface area contributed by atoms with Crippen LogP contribution in [0.2, 0.25) is 0 Å². The van der Waals surface area contributed by atoms with Crippen molar-refractivity contribution >= 4 is 12.0 Å². The monoisotopic (exact) mass is 216 g/mol. The van der Waals surface area contributed by atoms with Gasteiger partial charge in [0.2, 0.25) is 0 Å². The van der Waals surface area contributed by atoms with Crippen molar-refractivity contribution in [3.8, 4) is 0 Å². The predicted molar refractivity (Wildman–Crippen MR) is 52.6 cm³/mol. The molecule has 0 saturated carbocycles. The highest BCUT2D eigenvalue weighted by molar-refractivity contribution is 5.77. The summed E-state index contributed by atoms with van der Waals surface area (Å²) in [5.41, 5.74) is 0. The molecular weight excluding hydrogens is 200 g/mol. The van der Waals surface area contributed by atoms with Gasteiger partial charge in [0.05, 0.1) is 19.3 Å². The van der Waals surface area contributed by atoms with Gasteiger partial charge in [0, 0.05) is 6.54 Å². The first-order valence-electron chi connectivity index (χ1n) is 5.00. The van der Waals surface area contributed by atoms with Crippen molar-refractivity contribution in [2.75, 3.05) is 19.8 Å². The molecule has 0 bridgehead atoms. The van der Waals surface area contributed by atoms with Crippen LogP contribution in [0.4, 0.5) is 4.79 Å². The lowest BCUT2D eigenvalue weighted by Crippen LogP contribution is -2.47. The molecule has 1 saturated heterocycles. The Balaban J connectivity index is 2.36. The van der Waals surface area contributed by atoms with Crippen LogP contribution in [-0.4, -0.2) is 42.9 Å². The van der Waals surface area contributed by atoms with Crippen LogP contribution in [0.15, 0.2) is 0 Å². The summed E-state index contributed by atoms with van der Waals surface area (Å²) >= 11 is 0. The molecule has 1 fully saturated rings. The molecule has 0 radical (unpaired) electrons. The second-order valence-corrected chi connectivity index (χ2v) is 3.49. The fourth-order valence-electron chi connectivity index (χ4n) is 1.40. The molecule has 2 amide bonds. The zero-order valence-corrected chi connectivity index (χ0v) is 8.66. The molecular formula is C9H16N2O4. The largest absolute Gasteiger partial charge is 0.481 e. The Hall–Kier alpha value is -1.30. The molecule has 0 aromatic carbocycles. The van der Waals surface area contributed by atoms with E-state index in [9.17, 15) is 9.59 Å². The highest BCUT2D eigenvalue weighted by atomic mass is 16.5. The summed E-state index contributed by atoms with van der Waals surface area (Å²) in [6.45, 7) is 2.95. The third-order valence-electron chi connectivity index (χ3n) is 2.25. The van der Waals surface area contributed by atoms with Crippen LogP contribution >= 0.6 is 0 Å². The molecule has 0 spiro atoms. The van der Waals surface area contributed by atoms with Gasteiger partial charge in [0.1, 0.15) is 5.92 Å². The molecule has 1 aliphatic heterocycles. The first-order valence-corrected chi connectivity index (χ1v) is 5.00. The quantitative estimate of drug-likeness (QED) is 0.607. The minimum absolute atomic E-state index is 0.161. The number of hydrogen-bond donors (Lipinski definition) is 3. The third kappa shape index (κ3) is 3.39. The van der Waals surface area contributed by atoms with Gasteiger partial charge in [-0.25, -0.2) is 4.79 Å². The third-order valence-corrected chi connectivity index (χ3v) is 2.25. The van der Waals surface area contributed by atoms with Gasteiger partial charge in [-0.15, -0.1) is 0 Å². The van der Waals surface area contributed by atoms with E-state index < -0.39 is 17.9 Å². The average Bonchev–Trinajstić information content (AvgIpc) is 2.62. The highest BCUT2D eigenvalue weighted by Crippen LogP contribution is 2.13. The van der Waals surface area contributed by atoms with Gasteiger partial charge in [-0.3, -0.25) is 4.79 Å². The van der Waals surface area contributed by atoms with Gasteiger partial charge in [-0.05, 0) is 6.42 Å². The minimum Gasteiger partial charge on any atom is -0.481 e. The molecule has 1 heterocycles. The number of rotatable bonds is 4. The van der Waals surface area contributed by atoms with E-state index in [0.717, 1.165) is 6.42 Å². The Labute approximate surface area is 88.0 Å². The number of ether oxygens (including phenoxy) is 1. The fourth-order valence-corrected chi connectivity index (χ4v) is 1.40. The predicted octanol–water partition coefficient (Wildman–Crippen LogP) is -0.205. The maximum absolute atomic E-state index is 11.3. The van der Waals surface area contributed by atoms with Crippen molar-refractivity contribution in [3.05, 3.63) is 0 Å². The first kappa shape index (κ1) is 11.8. The van der Waals surface area contributed by atoms with Crippen molar-refractivity contribution in [1.82, 2.24) is 10.6 Å². The normalized spacial score (nSPS) is 24.9. The summed E-state index contributed by atoms with van der Waals surface area (Å²) in [5.74, 6) is -1.58. The molecule has 0 aromatic rings. The lowest BCUT2D eigenvalue weighted by Gasteiger charge is -2.15. The molecule has 6 nitrogen and oxygen atoms in total. The van der Waals surface area contributed by atoms with E-state index in [1.54, 1.807) is 0 Å². The summed E-state index contributed by atoms with van der Waals surface area (Å²) in [4.78, 5) is 22.0. The Morgan fingerprint density at radius 2 is 2.20 bits per heavy atom. The maximum atomic E-state index is 11.3. The van der Waals surface area contributed by atoms with Crippen molar-refractivity contribution in [3.63, 3.8) is 0 Å². The van der Waals surface area contributed by atoms with Gasteiger partial charge >= 0.3 is 12.0 Å². The Morgan fingerprint density at radius 3 is 2.80 bits per heavy atom. The smallest absolute Gasteiger partial charge is 0.315 e. The number of hydrogen-bond acceptors (Lipinski definition) is 3. The number of urea groups is 1. The summed E-state index contributed by atoms with van der Waals surface area (Å²) < 4.78 is 5.01. The summed E-state index contributed by atoms with van der Waals surface area (Å²) in [6, 6.07) is -0.766. The Kier molecular flexibility index (Phi) is 4.36. The van der Waals surface area contributed by atoms with Crippen LogP contribution in [0.5, 0.6) is 0 Å². The van der Waals surface area contributed by atoms with Gasteiger partial charge in [-0.2, -0.15) is 0 Å². The number of aliphatic carboxylic acids is 1. The zero-order valence-electron chi connectivity index (χ0n) is 8.66.